The van der Waals surface area contributed by atoms with Gasteiger partial charge in [-0.3, -0.25) is 19.4 Å². The van der Waals surface area contributed by atoms with Crippen LogP contribution in [0.1, 0.15) is 5.76 Å². The minimum atomic E-state index is -0.648. The normalized spacial score (nSPS) is 16.0. The molecule has 1 fully saturated rings. The third kappa shape index (κ3) is 2.18. The van der Waals surface area contributed by atoms with E-state index in [0.717, 1.165) is 9.80 Å². The van der Waals surface area contributed by atoms with Gasteiger partial charge in [0.15, 0.2) is 5.88 Å². The van der Waals surface area contributed by atoms with E-state index < -0.39 is 17.8 Å². The SMILES string of the molecule is CN1C(=O)C(=Cc2ccc(N(C)C)o2)C(=O)N(C)C1=O. The molecule has 20 heavy (non-hydrogen) atoms. The van der Waals surface area contributed by atoms with E-state index in [-0.39, 0.29) is 5.57 Å². The zero-order valence-electron chi connectivity index (χ0n) is 11.7. The summed E-state index contributed by atoms with van der Waals surface area (Å²) in [4.78, 5) is 39.1. The van der Waals surface area contributed by atoms with Gasteiger partial charge in [0.25, 0.3) is 11.8 Å². The van der Waals surface area contributed by atoms with E-state index in [0.29, 0.717) is 11.6 Å². The van der Waals surface area contributed by atoms with Crippen molar-refractivity contribution < 1.29 is 18.8 Å². The fourth-order valence-corrected chi connectivity index (χ4v) is 1.78. The lowest BCUT2D eigenvalue weighted by atomic mass is 10.1. The lowest BCUT2D eigenvalue weighted by Gasteiger charge is -2.28. The van der Waals surface area contributed by atoms with Gasteiger partial charge in [-0.2, -0.15) is 0 Å². The zero-order chi connectivity index (χ0) is 15.0. The Morgan fingerprint density at radius 3 is 2.05 bits per heavy atom. The Bertz CT molecular complexity index is 589. The standard InChI is InChI=1S/C13H15N3O4/c1-14(2)10-6-5-8(20-10)7-9-11(17)15(3)13(19)16(4)12(9)18/h5-7H,1-4H3. The third-order valence-electron chi connectivity index (χ3n) is 2.98. The van der Waals surface area contributed by atoms with E-state index in [4.69, 9.17) is 4.42 Å². The highest BCUT2D eigenvalue weighted by molar-refractivity contribution is 6.30. The number of furan rings is 1. The molecule has 7 nitrogen and oxygen atoms in total. The van der Waals surface area contributed by atoms with Crippen molar-refractivity contribution in [1.29, 1.82) is 0 Å². The molecule has 1 saturated heterocycles. The van der Waals surface area contributed by atoms with Crippen LogP contribution < -0.4 is 4.90 Å². The van der Waals surface area contributed by atoms with Gasteiger partial charge in [0.05, 0.1) is 0 Å². The molecule has 2 heterocycles. The lowest BCUT2D eigenvalue weighted by Crippen LogP contribution is -2.52. The molecule has 0 atom stereocenters. The van der Waals surface area contributed by atoms with Gasteiger partial charge in [-0.15, -0.1) is 0 Å². The Kier molecular flexibility index (Phi) is 3.35. The fourth-order valence-electron chi connectivity index (χ4n) is 1.78. The molecule has 0 aromatic carbocycles. The molecule has 1 aromatic heterocycles. The van der Waals surface area contributed by atoms with E-state index in [1.165, 1.54) is 20.2 Å². The van der Waals surface area contributed by atoms with Gasteiger partial charge in [0, 0.05) is 34.3 Å². The number of amides is 4. The van der Waals surface area contributed by atoms with Gasteiger partial charge >= 0.3 is 6.03 Å². The molecule has 1 aliphatic rings. The van der Waals surface area contributed by atoms with Crippen LogP contribution in [-0.2, 0) is 9.59 Å². The first-order chi connectivity index (χ1) is 9.32. The minimum Gasteiger partial charge on any atom is -0.441 e. The number of carbonyl (C=O) groups is 3. The van der Waals surface area contributed by atoms with E-state index in [9.17, 15) is 14.4 Å². The number of nitrogens with zero attached hydrogens (tertiary/aromatic N) is 3. The highest BCUT2D eigenvalue weighted by atomic mass is 16.4. The maximum atomic E-state index is 12.0. The number of likely N-dealkylation sites (N-methyl/N-ethyl adjacent to an activating group) is 2. The molecule has 0 N–H and O–H groups in total. The molecule has 2 rings (SSSR count). The topological polar surface area (TPSA) is 74.1 Å². The fraction of sp³-hybridized carbons (Fsp3) is 0.308. The number of anilines is 1. The Hall–Kier alpha value is -2.57. The summed E-state index contributed by atoms with van der Waals surface area (Å²) < 4.78 is 5.46. The first kappa shape index (κ1) is 13.9. The highest BCUT2D eigenvalue weighted by Crippen LogP contribution is 2.21. The molecule has 0 radical (unpaired) electrons. The van der Waals surface area contributed by atoms with Crippen molar-refractivity contribution in [3.05, 3.63) is 23.5 Å². The van der Waals surface area contributed by atoms with Crippen molar-refractivity contribution in [3.8, 4) is 0 Å². The first-order valence-corrected chi connectivity index (χ1v) is 5.92. The smallest absolute Gasteiger partial charge is 0.333 e. The monoisotopic (exact) mass is 277 g/mol. The van der Waals surface area contributed by atoms with Gasteiger partial charge in [0.1, 0.15) is 11.3 Å². The molecule has 1 aromatic rings. The van der Waals surface area contributed by atoms with Crippen LogP contribution >= 0.6 is 0 Å². The molecule has 0 saturated carbocycles. The number of rotatable bonds is 2. The second kappa shape index (κ2) is 4.84. The van der Waals surface area contributed by atoms with Crippen LogP contribution in [0.3, 0.4) is 0 Å². The highest BCUT2D eigenvalue weighted by Gasteiger charge is 2.37. The lowest BCUT2D eigenvalue weighted by molar-refractivity contribution is -0.134. The van der Waals surface area contributed by atoms with E-state index >= 15 is 0 Å². The molecule has 0 unspecified atom stereocenters. The summed E-state index contributed by atoms with van der Waals surface area (Å²) in [5, 5.41) is 0. The maximum absolute atomic E-state index is 12.0. The number of barbiturate groups is 1. The molecule has 7 heteroatoms. The Labute approximate surface area is 116 Å². The second-order valence-corrected chi connectivity index (χ2v) is 4.64. The van der Waals surface area contributed by atoms with E-state index in [1.54, 1.807) is 17.0 Å². The van der Waals surface area contributed by atoms with Crippen molar-refractivity contribution in [3.63, 3.8) is 0 Å². The van der Waals surface area contributed by atoms with Crippen LogP contribution in [-0.4, -0.2) is 55.8 Å². The van der Waals surface area contributed by atoms with Gasteiger partial charge in [-0.05, 0) is 12.1 Å². The average molecular weight is 277 g/mol. The predicted octanol–water partition coefficient (Wildman–Crippen LogP) is 0.779. The summed E-state index contributed by atoms with van der Waals surface area (Å²) in [5.41, 5.74) is -0.103. The van der Waals surface area contributed by atoms with Crippen LogP contribution in [0, 0.1) is 0 Å². The summed E-state index contributed by atoms with van der Waals surface area (Å²) >= 11 is 0. The average Bonchev–Trinajstić information content (AvgIpc) is 2.88. The molecule has 4 amide bonds. The van der Waals surface area contributed by atoms with E-state index in [1.807, 2.05) is 14.1 Å². The zero-order valence-corrected chi connectivity index (χ0v) is 11.7. The van der Waals surface area contributed by atoms with Crippen LogP contribution in [0.2, 0.25) is 0 Å². The van der Waals surface area contributed by atoms with Gasteiger partial charge in [0.2, 0.25) is 0 Å². The van der Waals surface area contributed by atoms with Gasteiger partial charge in [-0.25, -0.2) is 4.79 Å². The van der Waals surface area contributed by atoms with Crippen molar-refractivity contribution in [2.75, 3.05) is 33.1 Å². The molecular formula is C13H15N3O4. The summed E-state index contributed by atoms with van der Waals surface area (Å²) in [6.45, 7) is 0. The van der Waals surface area contributed by atoms with Gasteiger partial charge < -0.3 is 9.32 Å². The summed E-state index contributed by atoms with van der Waals surface area (Å²) in [5.74, 6) is -0.298. The predicted molar refractivity (Wildman–Crippen MR) is 71.9 cm³/mol. The number of imide groups is 2. The summed E-state index contributed by atoms with van der Waals surface area (Å²) in [7, 11) is 6.28. The molecule has 0 bridgehead atoms. The Morgan fingerprint density at radius 2 is 1.60 bits per heavy atom. The van der Waals surface area contributed by atoms with Crippen molar-refractivity contribution in [2.24, 2.45) is 0 Å². The van der Waals surface area contributed by atoms with Crippen molar-refractivity contribution in [2.45, 2.75) is 0 Å². The van der Waals surface area contributed by atoms with Crippen molar-refractivity contribution in [1.82, 2.24) is 9.80 Å². The molecular weight excluding hydrogens is 262 g/mol. The molecule has 1 aliphatic heterocycles. The van der Waals surface area contributed by atoms with Crippen LogP contribution in [0.15, 0.2) is 22.1 Å². The molecule has 0 aliphatic carbocycles. The maximum Gasteiger partial charge on any atom is 0.333 e. The number of urea groups is 1. The Balaban J connectivity index is 2.38. The molecule has 0 spiro atoms. The minimum absolute atomic E-state index is 0.103. The van der Waals surface area contributed by atoms with E-state index in [2.05, 4.69) is 0 Å². The first-order valence-electron chi connectivity index (χ1n) is 5.92. The van der Waals surface area contributed by atoms with Crippen LogP contribution in [0.5, 0.6) is 0 Å². The third-order valence-corrected chi connectivity index (χ3v) is 2.98. The number of hydrogen-bond donors (Lipinski definition) is 0. The van der Waals surface area contributed by atoms with Gasteiger partial charge in [-0.1, -0.05) is 0 Å². The largest absolute Gasteiger partial charge is 0.441 e. The Morgan fingerprint density at radius 1 is 1.05 bits per heavy atom. The van der Waals surface area contributed by atoms with Crippen LogP contribution in [0.25, 0.3) is 6.08 Å². The van der Waals surface area contributed by atoms with Crippen molar-refractivity contribution >= 4 is 29.8 Å². The molecule has 106 valence electrons. The summed E-state index contributed by atoms with van der Waals surface area (Å²) in [6.07, 6.45) is 1.34. The second-order valence-electron chi connectivity index (χ2n) is 4.64. The summed E-state index contributed by atoms with van der Waals surface area (Å²) in [6, 6.07) is 2.73. The van der Waals surface area contributed by atoms with Crippen LogP contribution in [0.4, 0.5) is 10.7 Å². The number of hydrogen-bond acceptors (Lipinski definition) is 5. The number of carbonyl (C=O) groups excluding carboxylic acids is 3. The quantitative estimate of drug-likeness (QED) is 0.590.